The van der Waals surface area contributed by atoms with E-state index in [0.29, 0.717) is 17.9 Å². The summed E-state index contributed by atoms with van der Waals surface area (Å²) in [5.41, 5.74) is 0.837. The summed E-state index contributed by atoms with van der Waals surface area (Å²) in [4.78, 5) is 33.8. The summed E-state index contributed by atoms with van der Waals surface area (Å²) in [6, 6.07) is 0.0402. The Labute approximate surface area is 137 Å². The molecule has 0 saturated carbocycles. The van der Waals surface area contributed by atoms with Gasteiger partial charge in [-0.2, -0.15) is 0 Å². The minimum Gasteiger partial charge on any atom is -0.444 e. The minimum atomic E-state index is -0.498. The standard InChI is InChI=1S/C17H25N3O3/c1-11-8-13(15-14(10-21)9-18-12(2)19-15)6-7-20(11)16(22)23-17(3,4)5/h9-11,13H,6-8H2,1-5H3. The first-order chi connectivity index (χ1) is 10.7. The van der Waals surface area contributed by atoms with E-state index in [2.05, 4.69) is 9.97 Å². The third kappa shape index (κ3) is 4.27. The molecule has 0 N–H and O–H groups in total. The predicted octanol–water partition coefficient (Wildman–Crippen LogP) is 3.10. The number of carbonyl (C=O) groups is 2. The zero-order chi connectivity index (χ0) is 17.2. The Kier molecular flexibility index (Phi) is 5.02. The van der Waals surface area contributed by atoms with Crippen molar-refractivity contribution >= 4 is 12.4 Å². The van der Waals surface area contributed by atoms with Crippen LogP contribution in [0, 0.1) is 6.92 Å². The van der Waals surface area contributed by atoms with Gasteiger partial charge in [-0.1, -0.05) is 0 Å². The highest BCUT2D eigenvalue weighted by Crippen LogP contribution is 2.32. The number of likely N-dealkylation sites (tertiary alicyclic amines) is 1. The topological polar surface area (TPSA) is 72.4 Å². The molecule has 2 heterocycles. The molecule has 6 heteroatoms. The SMILES string of the molecule is Cc1ncc(C=O)c(C2CCN(C(=O)OC(C)(C)C)C(C)C2)n1. The second kappa shape index (κ2) is 6.64. The van der Waals surface area contributed by atoms with Crippen LogP contribution in [0.4, 0.5) is 4.79 Å². The highest BCUT2D eigenvalue weighted by molar-refractivity contribution is 5.76. The largest absolute Gasteiger partial charge is 0.444 e. The van der Waals surface area contributed by atoms with E-state index in [0.717, 1.165) is 24.8 Å². The van der Waals surface area contributed by atoms with Gasteiger partial charge in [0.15, 0.2) is 6.29 Å². The molecule has 0 aliphatic carbocycles. The number of aldehydes is 1. The molecule has 1 fully saturated rings. The van der Waals surface area contributed by atoms with Gasteiger partial charge in [-0.3, -0.25) is 4.79 Å². The predicted molar refractivity (Wildman–Crippen MR) is 86.5 cm³/mol. The average molecular weight is 319 g/mol. The second-order valence-electron chi connectivity index (χ2n) is 7.12. The smallest absolute Gasteiger partial charge is 0.410 e. The van der Waals surface area contributed by atoms with Crippen LogP contribution in [0.3, 0.4) is 0 Å². The number of hydrogen-bond donors (Lipinski definition) is 0. The van der Waals surface area contributed by atoms with Crippen molar-refractivity contribution in [2.75, 3.05) is 6.54 Å². The molecule has 23 heavy (non-hydrogen) atoms. The molecule has 6 nitrogen and oxygen atoms in total. The van der Waals surface area contributed by atoms with Crippen LogP contribution in [0.25, 0.3) is 0 Å². The molecule has 1 amide bonds. The fourth-order valence-corrected chi connectivity index (χ4v) is 2.93. The number of ether oxygens (including phenoxy) is 1. The van der Waals surface area contributed by atoms with Crippen molar-refractivity contribution in [3.63, 3.8) is 0 Å². The van der Waals surface area contributed by atoms with Crippen molar-refractivity contribution in [2.45, 2.75) is 65.0 Å². The molecule has 1 aliphatic heterocycles. The van der Waals surface area contributed by atoms with E-state index < -0.39 is 5.60 Å². The number of rotatable bonds is 2. The molecule has 0 bridgehead atoms. The Morgan fingerprint density at radius 3 is 2.70 bits per heavy atom. The van der Waals surface area contributed by atoms with Crippen LogP contribution in [-0.2, 0) is 4.74 Å². The van der Waals surface area contributed by atoms with Crippen LogP contribution in [-0.4, -0.2) is 45.4 Å². The van der Waals surface area contributed by atoms with Gasteiger partial charge in [0.2, 0.25) is 0 Å². The number of piperidine rings is 1. The van der Waals surface area contributed by atoms with Crippen molar-refractivity contribution < 1.29 is 14.3 Å². The van der Waals surface area contributed by atoms with Crippen molar-refractivity contribution in [3.8, 4) is 0 Å². The van der Waals surface area contributed by atoms with E-state index in [1.54, 1.807) is 11.1 Å². The molecule has 1 aromatic rings. The van der Waals surface area contributed by atoms with E-state index in [4.69, 9.17) is 4.74 Å². The molecule has 0 aromatic carbocycles. The first kappa shape index (κ1) is 17.4. The Hall–Kier alpha value is -1.98. The summed E-state index contributed by atoms with van der Waals surface area (Å²) in [7, 11) is 0. The number of hydrogen-bond acceptors (Lipinski definition) is 5. The van der Waals surface area contributed by atoms with Crippen LogP contribution < -0.4 is 0 Å². The lowest BCUT2D eigenvalue weighted by Crippen LogP contribution is -2.46. The van der Waals surface area contributed by atoms with Gasteiger partial charge in [-0.15, -0.1) is 0 Å². The van der Waals surface area contributed by atoms with Gasteiger partial charge in [-0.25, -0.2) is 14.8 Å². The zero-order valence-electron chi connectivity index (χ0n) is 14.5. The summed E-state index contributed by atoms with van der Waals surface area (Å²) < 4.78 is 5.46. The summed E-state index contributed by atoms with van der Waals surface area (Å²) >= 11 is 0. The first-order valence-corrected chi connectivity index (χ1v) is 7.99. The number of amides is 1. The van der Waals surface area contributed by atoms with E-state index in [1.165, 1.54) is 0 Å². The van der Waals surface area contributed by atoms with Crippen molar-refractivity contribution in [1.29, 1.82) is 0 Å². The van der Waals surface area contributed by atoms with Gasteiger partial charge in [0, 0.05) is 24.7 Å². The summed E-state index contributed by atoms with van der Waals surface area (Å²) in [5, 5.41) is 0. The van der Waals surface area contributed by atoms with Gasteiger partial charge >= 0.3 is 6.09 Å². The van der Waals surface area contributed by atoms with Crippen LogP contribution in [0.1, 0.15) is 68.3 Å². The molecule has 0 spiro atoms. The Bertz CT molecular complexity index is 595. The zero-order valence-corrected chi connectivity index (χ0v) is 14.5. The summed E-state index contributed by atoms with van der Waals surface area (Å²) in [6.45, 7) is 10.0. The molecule has 2 rings (SSSR count). The lowest BCUT2D eigenvalue weighted by atomic mass is 9.87. The lowest BCUT2D eigenvalue weighted by Gasteiger charge is -2.38. The highest BCUT2D eigenvalue weighted by Gasteiger charge is 2.33. The molecule has 1 aromatic heterocycles. The molecule has 2 unspecified atom stereocenters. The molecule has 1 saturated heterocycles. The average Bonchev–Trinajstić information content (AvgIpc) is 2.45. The van der Waals surface area contributed by atoms with Crippen molar-refractivity contribution in [1.82, 2.24) is 14.9 Å². The summed E-state index contributed by atoms with van der Waals surface area (Å²) in [5.74, 6) is 0.818. The maximum Gasteiger partial charge on any atom is 0.410 e. The molecule has 1 aliphatic rings. The van der Waals surface area contributed by atoms with Gasteiger partial charge in [0.25, 0.3) is 0 Å². The number of aryl methyl sites for hydroxylation is 1. The molecule has 126 valence electrons. The Balaban J connectivity index is 2.11. The third-order valence-corrected chi connectivity index (χ3v) is 3.99. The fourth-order valence-electron chi connectivity index (χ4n) is 2.93. The molecular formula is C17H25N3O3. The maximum absolute atomic E-state index is 12.3. The normalized spacial score (nSPS) is 21.9. The van der Waals surface area contributed by atoms with E-state index in [1.807, 2.05) is 34.6 Å². The minimum absolute atomic E-state index is 0.0402. The van der Waals surface area contributed by atoms with E-state index in [9.17, 15) is 9.59 Å². The fraction of sp³-hybridized carbons (Fsp3) is 0.647. The van der Waals surface area contributed by atoms with Crippen LogP contribution >= 0.6 is 0 Å². The Morgan fingerprint density at radius 2 is 2.13 bits per heavy atom. The van der Waals surface area contributed by atoms with Gasteiger partial charge < -0.3 is 9.64 Å². The second-order valence-corrected chi connectivity index (χ2v) is 7.12. The third-order valence-electron chi connectivity index (χ3n) is 3.99. The number of aromatic nitrogens is 2. The first-order valence-electron chi connectivity index (χ1n) is 7.99. The van der Waals surface area contributed by atoms with E-state index >= 15 is 0 Å². The van der Waals surface area contributed by atoms with Gasteiger partial charge in [0.05, 0.1) is 11.3 Å². The molecular weight excluding hydrogens is 294 g/mol. The van der Waals surface area contributed by atoms with Gasteiger partial charge in [-0.05, 0) is 47.5 Å². The maximum atomic E-state index is 12.3. The van der Waals surface area contributed by atoms with Crippen LogP contribution in [0.5, 0.6) is 0 Å². The lowest BCUT2D eigenvalue weighted by molar-refractivity contribution is 0.0102. The van der Waals surface area contributed by atoms with Crippen molar-refractivity contribution in [2.24, 2.45) is 0 Å². The monoisotopic (exact) mass is 319 g/mol. The van der Waals surface area contributed by atoms with Crippen molar-refractivity contribution in [3.05, 3.63) is 23.3 Å². The molecule has 0 radical (unpaired) electrons. The Morgan fingerprint density at radius 1 is 1.43 bits per heavy atom. The number of carbonyl (C=O) groups excluding carboxylic acids is 2. The molecule has 2 atom stereocenters. The highest BCUT2D eigenvalue weighted by atomic mass is 16.6. The van der Waals surface area contributed by atoms with E-state index in [-0.39, 0.29) is 18.1 Å². The quantitative estimate of drug-likeness (QED) is 0.783. The van der Waals surface area contributed by atoms with Crippen LogP contribution in [0.2, 0.25) is 0 Å². The van der Waals surface area contributed by atoms with Gasteiger partial charge in [0.1, 0.15) is 11.4 Å². The van der Waals surface area contributed by atoms with Crippen LogP contribution in [0.15, 0.2) is 6.20 Å². The number of nitrogens with zero attached hydrogens (tertiary/aromatic N) is 3. The summed E-state index contributed by atoms with van der Waals surface area (Å²) in [6.07, 6.45) is 3.63.